The molecular formula is C10H13FN4O4. The third-order valence-corrected chi connectivity index (χ3v) is 2.19. The summed E-state index contributed by atoms with van der Waals surface area (Å²) in [4.78, 5) is 8.53. The van der Waals surface area contributed by atoms with Crippen LogP contribution in [0.15, 0.2) is 34.8 Å². The number of hydrogen-bond acceptors (Lipinski definition) is 6. The van der Waals surface area contributed by atoms with Crippen molar-refractivity contribution >= 4 is 0 Å². The maximum Gasteiger partial charge on any atom is 0.420 e. The molecule has 19 heavy (non-hydrogen) atoms. The van der Waals surface area contributed by atoms with Gasteiger partial charge in [-0.05, 0) is 6.07 Å². The maximum atomic E-state index is 13.5. The Morgan fingerprint density at radius 2 is 1.68 bits per heavy atom. The van der Waals surface area contributed by atoms with Crippen LogP contribution in [-0.2, 0) is 16.1 Å². The molecule has 9 heteroatoms. The molecule has 0 aromatic heterocycles. The topological polar surface area (TPSA) is 95.3 Å². The van der Waals surface area contributed by atoms with Crippen LogP contribution in [0.2, 0.25) is 0 Å². The van der Waals surface area contributed by atoms with E-state index in [1.165, 1.54) is 18.2 Å². The second-order valence-electron chi connectivity index (χ2n) is 3.41. The smallest absolute Gasteiger partial charge is 0.420 e. The van der Waals surface area contributed by atoms with E-state index < -0.39 is 12.0 Å². The summed E-state index contributed by atoms with van der Waals surface area (Å²) in [5.41, 5.74) is 0.173. The minimum absolute atomic E-state index is 0.0119. The van der Waals surface area contributed by atoms with Gasteiger partial charge in [0.25, 0.3) is 0 Å². The van der Waals surface area contributed by atoms with Crippen LogP contribution in [0.4, 0.5) is 4.39 Å². The summed E-state index contributed by atoms with van der Waals surface area (Å²) >= 11 is 0. The normalized spacial score (nSPS) is 14.1. The second kappa shape index (κ2) is 7.09. The monoisotopic (exact) mass is 272 g/mol. The van der Waals surface area contributed by atoms with E-state index >= 15 is 0 Å². The fourth-order valence-electron chi connectivity index (χ4n) is 1.37. The van der Waals surface area contributed by atoms with Crippen molar-refractivity contribution in [2.75, 3.05) is 14.2 Å². The molecule has 0 N–H and O–H groups in total. The second-order valence-corrected chi connectivity index (χ2v) is 3.41. The Bertz CT molecular complexity index is 460. The molecule has 0 amide bonds. The van der Waals surface area contributed by atoms with Gasteiger partial charge < -0.3 is 20.1 Å². The van der Waals surface area contributed by atoms with Gasteiger partial charge in [0.05, 0.1) is 0 Å². The Labute approximate surface area is 108 Å². The van der Waals surface area contributed by atoms with Crippen LogP contribution < -0.4 is 0 Å². The van der Waals surface area contributed by atoms with Crippen LogP contribution in [0.3, 0.4) is 0 Å². The summed E-state index contributed by atoms with van der Waals surface area (Å²) in [6.07, 6.45) is -1.67. The molecule has 0 spiro atoms. The molecule has 0 heterocycles. The molecule has 0 aliphatic heterocycles. The quantitative estimate of drug-likeness (QED) is 0.341. The van der Waals surface area contributed by atoms with E-state index in [0.29, 0.717) is 0 Å². The maximum absolute atomic E-state index is 13.5. The van der Waals surface area contributed by atoms with E-state index in [4.69, 9.17) is 0 Å². The zero-order valence-corrected chi connectivity index (χ0v) is 10.4. The van der Waals surface area contributed by atoms with Crippen molar-refractivity contribution in [2.24, 2.45) is 10.6 Å². The van der Waals surface area contributed by atoms with Gasteiger partial charge in [0.15, 0.2) is 0 Å². The molecule has 0 aliphatic carbocycles. The molecule has 1 atom stereocenters. The van der Waals surface area contributed by atoms with E-state index in [0.717, 1.165) is 14.2 Å². The van der Waals surface area contributed by atoms with Crippen molar-refractivity contribution in [1.29, 1.82) is 0 Å². The number of hydroxylamine groups is 2. The number of rotatable bonds is 6. The van der Waals surface area contributed by atoms with Crippen molar-refractivity contribution in [3.63, 3.8) is 0 Å². The Balaban J connectivity index is 3.02. The standard InChI is InChI=1S/C10H13FN4O4/c1-18-12-14(16)10(15(17)13-19-2)7-8-5-3-4-6-9(8)11/h3-6,10H,7H2,1-2H3/b14-12-,15-13?. The molecule has 0 saturated carbocycles. The van der Waals surface area contributed by atoms with E-state index in [9.17, 15) is 14.8 Å². The van der Waals surface area contributed by atoms with E-state index in [-0.39, 0.29) is 21.7 Å². The molecule has 1 rings (SSSR count). The van der Waals surface area contributed by atoms with Gasteiger partial charge in [0, 0.05) is 15.3 Å². The largest absolute Gasteiger partial charge is 0.592 e. The Morgan fingerprint density at radius 1 is 1.16 bits per heavy atom. The zero-order chi connectivity index (χ0) is 14.3. The molecular weight excluding hydrogens is 259 g/mol. The van der Waals surface area contributed by atoms with Gasteiger partial charge in [-0.1, -0.05) is 18.2 Å². The van der Waals surface area contributed by atoms with Gasteiger partial charge in [0.2, 0.25) is 10.6 Å². The summed E-state index contributed by atoms with van der Waals surface area (Å²) in [6, 6.07) is 5.75. The van der Waals surface area contributed by atoms with Gasteiger partial charge in [-0.2, -0.15) is 0 Å². The van der Waals surface area contributed by atoms with Crippen LogP contribution in [-0.4, -0.2) is 30.1 Å². The van der Waals surface area contributed by atoms with Crippen molar-refractivity contribution in [1.82, 2.24) is 0 Å². The molecule has 1 aromatic rings. The molecule has 104 valence electrons. The lowest BCUT2D eigenvalue weighted by atomic mass is 10.1. The number of hydrogen-bond donors (Lipinski definition) is 0. The highest BCUT2D eigenvalue weighted by molar-refractivity contribution is 5.17. The lowest BCUT2D eigenvalue weighted by Gasteiger charge is -2.10. The van der Waals surface area contributed by atoms with Crippen molar-refractivity contribution in [2.45, 2.75) is 12.6 Å². The van der Waals surface area contributed by atoms with E-state index in [1.807, 2.05) is 0 Å². The Hall–Kier alpha value is -2.45. The highest BCUT2D eigenvalue weighted by atomic mass is 19.1. The molecule has 0 saturated heterocycles. The molecule has 8 nitrogen and oxygen atoms in total. The minimum Gasteiger partial charge on any atom is -0.592 e. The molecule has 0 radical (unpaired) electrons. The number of benzene rings is 1. The first kappa shape index (κ1) is 14.6. The van der Waals surface area contributed by atoms with Crippen LogP contribution >= 0.6 is 0 Å². The van der Waals surface area contributed by atoms with Gasteiger partial charge >= 0.3 is 6.17 Å². The Morgan fingerprint density at radius 3 is 2.16 bits per heavy atom. The number of nitrogens with zero attached hydrogens (tertiary/aromatic N) is 4. The van der Waals surface area contributed by atoms with Crippen molar-refractivity contribution in [3.8, 4) is 0 Å². The highest BCUT2D eigenvalue weighted by Crippen LogP contribution is 2.12. The zero-order valence-electron chi connectivity index (χ0n) is 10.4. The first-order chi connectivity index (χ1) is 9.10. The first-order valence-corrected chi connectivity index (χ1v) is 5.24. The third-order valence-electron chi connectivity index (χ3n) is 2.19. The fraction of sp³-hybridized carbons (Fsp3) is 0.400. The average molecular weight is 272 g/mol. The minimum atomic E-state index is -1.43. The van der Waals surface area contributed by atoms with Gasteiger partial charge in [-0.3, -0.25) is 0 Å². The predicted molar refractivity (Wildman–Crippen MR) is 60.0 cm³/mol. The third kappa shape index (κ3) is 4.05. The van der Waals surface area contributed by atoms with Crippen molar-refractivity contribution in [3.05, 3.63) is 46.1 Å². The first-order valence-electron chi connectivity index (χ1n) is 5.24. The average Bonchev–Trinajstić information content (AvgIpc) is 2.38. The molecule has 0 bridgehead atoms. The van der Waals surface area contributed by atoms with Gasteiger partial charge in [-0.15, -0.1) is 0 Å². The van der Waals surface area contributed by atoms with Crippen LogP contribution in [0.1, 0.15) is 5.56 Å². The summed E-state index contributed by atoms with van der Waals surface area (Å²) < 4.78 is 13.5. The number of halogens is 1. The molecule has 0 aliphatic rings. The van der Waals surface area contributed by atoms with E-state index in [2.05, 4.69) is 20.2 Å². The van der Waals surface area contributed by atoms with Crippen molar-refractivity contribution < 1.29 is 23.8 Å². The van der Waals surface area contributed by atoms with Gasteiger partial charge in [0.1, 0.15) is 26.5 Å². The summed E-state index contributed by atoms with van der Waals surface area (Å²) in [5.74, 6) is -0.538. The van der Waals surface area contributed by atoms with Gasteiger partial charge in [-0.25, -0.2) is 4.39 Å². The predicted octanol–water partition coefficient (Wildman–Crippen LogP) is 1.74. The lowest BCUT2D eigenvalue weighted by Crippen LogP contribution is -2.32. The SMILES string of the molecule is CON=[N+]([O-])C(Cc1ccccc1F)/[N+]([O-])=N/OC. The molecule has 1 unspecified atom stereocenters. The molecule has 1 aromatic carbocycles. The fourth-order valence-corrected chi connectivity index (χ4v) is 1.37. The molecule has 0 fully saturated rings. The van der Waals surface area contributed by atoms with Crippen LogP contribution in [0.25, 0.3) is 0 Å². The summed E-state index contributed by atoms with van der Waals surface area (Å²) in [7, 11) is 2.29. The lowest BCUT2D eigenvalue weighted by molar-refractivity contribution is -0.796. The Kier molecular flexibility index (Phi) is 5.45. The highest BCUT2D eigenvalue weighted by Gasteiger charge is 2.31. The van der Waals surface area contributed by atoms with Crippen LogP contribution in [0, 0.1) is 16.2 Å². The van der Waals surface area contributed by atoms with Crippen LogP contribution in [0.5, 0.6) is 0 Å². The summed E-state index contributed by atoms with van der Waals surface area (Å²) in [6.45, 7) is 0. The van der Waals surface area contributed by atoms with E-state index in [1.54, 1.807) is 6.07 Å². The summed E-state index contributed by atoms with van der Waals surface area (Å²) in [5, 5.41) is 29.1.